The number of amides is 2. The molecule has 176 valence electrons. The van der Waals surface area contributed by atoms with Crippen molar-refractivity contribution in [2.75, 3.05) is 26.7 Å². The lowest BCUT2D eigenvalue weighted by Crippen LogP contribution is -2.44. The van der Waals surface area contributed by atoms with Gasteiger partial charge in [0, 0.05) is 36.7 Å². The maximum atomic E-state index is 13.4. The monoisotopic (exact) mass is 460 g/mol. The first kappa shape index (κ1) is 22.1. The van der Waals surface area contributed by atoms with E-state index in [2.05, 4.69) is 10.1 Å². The average molecular weight is 461 g/mol. The molecule has 0 unspecified atom stereocenters. The molecule has 2 amide bonds. The van der Waals surface area contributed by atoms with E-state index in [-0.39, 0.29) is 23.8 Å². The van der Waals surface area contributed by atoms with Crippen LogP contribution in [-0.2, 0) is 4.79 Å². The molecular formula is C26H28N4O4. The molecule has 3 heterocycles. The van der Waals surface area contributed by atoms with Crippen LogP contribution in [-0.4, -0.2) is 58.5 Å². The Balaban J connectivity index is 1.22. The second-order valence-electron chi connectivity index (χ2n) is 8.81. The van der Waals surface area contributed by atoms with E-state index in [0.29, 0.717) is 49.8 Å². The molecule has 1 atom stereocenters. The summed E-state index contributed by atoms with van der Waals surface area (Å²) in [5.41, 5.74) is 1.53. The lowest BCUT2D eigenvalue weighted by Gasteiger charge is -2.34. The summed E-state index contributed by atoms with van der Waals surface area (Å²) >= 11 is 0. The van der Waals surface area contributed by atoms with Gasteiger partial charge in [-0.05, 0) is 62.1 Å². The molecular weight excluding hydrogens is 432 g/mol. The molecule has 2 aliphatic heterocycles. The molecule has 0 aliphatic carbocycles. The fourth-order valence-electron chi connectivity index (χ4n) is 4.84. The first-order valence-corrected chi connectivity index (χ1v) is 11.8. The number of rotatable bonds is 5. The Labute approximate surface area is 198 Å². The molecule has 0 radical (unpaired) electrons. The highest BCUT2D eigenvalue weighted by molar-refractivity contribution is 5.94. The third kappa shape index (κ3) is 4.40. The summed E-state index contributed by atoms with van der Waals surface area (Å²) < 4.78 is 10.8. The van der Waals surface area contributed by atoms with Crippen molar-refractivity contribution in [3.63, 3.8) is 0 Å². The first-order valence-electron chi connectivity index (χ1n) is 11.8. The number of hydrogen-bond acceptors (Lipinski definition) is 6. The fourth-order valence-corrected chi connectivity index (χ4v) is 4.84. The second kappa shape index (κ2) is 9.67. The predicted molar refractivity (Wildman–Crippen MR) is 125 cm³/mol. The Morgan fingerprint density at radius 1 is 0.971 bits per heavy atom. The number of carbonyl (C=O) groups is 2. The summed E-state index contributed by atoms with van der Waals surface area (Å²) in [4.78, 5) is 34.5. The summed E-state index contributed by atoms with van der Waals surface area (Å²) in [6.45, 7) is 1.86. The van der Waals surface area contributed by atoms with Crippen LogP contribution in [0, 0.1) is 5.92 Å². The lowest BCUT2D eigenvalue weighted by molar-refractivity contribution is -0.138. The smallest absolute Gasteiger partial charge is 0.253 e. The Morgan fingerprint density at radius 2 is 1.71 bits per heavy atom. The van der Waals surface area contributed by atoms with Gasteiger partial charge < -0.3 is 19.1 Å². The standard InChI is InChI=1S/C26H28N4O4/c1-33-21-11-9-18(10-12-21)23-27-24(34-28-23)22-8-5-15-30(22)26(32)20-13-16-29(17-14-20)25(31)19-6-3-2-4-7-19/h2-4,6-7,9-12,20,22H,5,8,13-17H2,1H3/t22-/m0/s1. The number of carbonyl (C=O) groups excluding carboxylic acids is 2. The molecule has 0 spiro atoms. The Hall–Kier alpha value is -3.68. The molecule has 8 heteroatoms. The van der Waals surface area contributed by atoms with Gasteiger partial charge in [0.2, 0.25) is 17.6 Å². The molecule has 5 rings (SSSR count). The molecule has 8 nitrogen and oxygen atoms in total. The lowest BCUT2D eigenvalue weighted by atomic mass is 9.94. The van der Waals surface area contributed by atoms with Crippen LogP contribution in [0.4, 0.5) is 0 Å². The molecule has 0 bridgehead atoms. The largest absolute Gasteiger partial charge is 0.497 e. The number of likely N-dealkylation sites (tertiary alicyclic amines) is 2. The molecule has 34 heavy (non-hydrogen) atoms. The van der Waals surface area contributed by atoms with Crippen LogP contribution in [0.2, 0.25) is 0 Å². The molecule has 3 aromatic rings. The number of ether oxygens (including phenoxy) is 1. The third-order valence-corrected chi connectivity index (χ3v) is 6.76. The predicted octanol–water partition coefficient (Wildman–Crippen LogP) is 3.96. The minimum absolute atomic E-state index is 0.0301. The van der Waals surface area contributed by atoms with E-state index in [1.807, 2.05) is 64.4 Å². The second-order valence-corrected chi connectivity index (χ2v) is 8.81. The van der Waals surface area contributed by atoms with Gasteiger partial charge in [-0.25, -0.2) is 0 Å². The molecule has 0 N–H and O–H groups in total. The third-order valence-electron chi connectivity index (χ3n) is 6.76. The van der Waals surface area contributed by atoms with Crippen LogP contribution in [0.25, 0.3) is 11.4 Å². The van der Waals surface area contributed by atoms with E-state index in [4.69, 9.17) is 9.26 Å². The Kier molecular flexibility index (Phi) is 6.29. The number of methoxy groups -OCH3 is 1. The molecule has 1 aromatic heterocycles. The zero-order valence-corrected chi connectivity index (χ0v) is 19.2. The summed E-state index contributed by atoms with van der Waals surface area (Å²) in [6.07, 6.45) is 3.05. The van der Waals surface area contributed by atoms with Crippen LogP contribution in [0.5, 0.6) is 5.75 Å². The number of piperidine rings is 1. The number of benzene rings is 2. The van der Waals surface area contributed by atoms with E-state index in [1.165, 1.54) is 0 Å². The maximum Gasteiger partial charge on any atom is 0.253 e. The number of hydrogen-bond donors (Lipinski definition) is 0. The van der Waals surface area contributed by atoms with E-state index in [0.717, 1.165) is 24.2 Å². The fraction of sp³-hybridized carbons (Fsp3) is 0.385. The topological polar surface area (TPSA) is 88.8 Å². The van der Waals surface area contributed by atoms with E-state index >= 15 is 0 Å². The highest BCUT2D eigenvalue weighted by atomic mass is 16.5. The van der Waals surface area contributed by atoms with Gasteiger partial charge in [-0.15, -0.1) is 0 Å². The van der Waals surface area contributed by atoms with Crippen LogP contribution >= 0.6 is 0 Å². The van der Waals surface area contributed by atoms with Gasteiger partial charge in [0.25, 0.3) is 5.91 Å². The van der Waals surface area contributed by atoms with Crippen molar-refractivity contribution >= 4 is 11.8 Å². The van der Waals surface area contributed by atoms with Crippen molar-refractivity contribution in [3.8, 4) is 17.1 Å². The van der Waals surface area contributed by atoms with Crippen LogP contribution < -0.4 is 4.74 Å². The van der Waals surface area contributed by atoms with Crippen molar-refractivity contribution in [2.24, 2.45) is 5.92 Å². The van der Waals surface area contributed by atoms with Crippen molar-refractivity contribution in [2.45, 2.75) is 31.7 Å². The van der Waals surface area contributed by atoms with Gasteiger partial charge >= 0.3 is 0 Å². The summed E-state index contributed by atoms with van der Waals surface area (Å²) in [5.74, 6) is 1.81. The molecule has 2 fully saturated rings. The van der Waals surface area contributed by atoms with E-state index < -0.39 is 0 Å². The quantitative estimate of drug-likeness (QED) is 0.573. The van der Waals surface area contributed by atoms with Gasteiger partial charge in [0.15, 0.2) is 0 Å². The van der Waals surface area contributed by atoms with Crippen molar-refractivity contribution < 1.29 is 18.8 Å². The van der Waals surface area contributed by atoms with Gasteiger partial charge in [-0.2, -0.15) is 4.98 Å². The molecule has 2 aliphatic rings. The van der Waals surface area contributed by atoms with Gasteiger partial charge in [0.1, 0.15) is 11.8 Å². The average Bonchev–Trinajstić information content (AvgIpc) is 3.58. The summed E-state index contributed by atoms with van der Waals surface area (Å²) in [5, 5.41) is 4.14. The minimum Gasteiger partial charge on any atom is -0.497 e. The number of nitrogens with zero attached hydrogens (tertiary/aromatic N) is 4. The van der Waals surface area contributed by atoms with E-state index in [1.54, 1.807) is 7.11 Å². The normalized spacial score (nSPS) is 18.8. The van der Waals surface area contributed by atoms with Crippen LogP contribution in [0.15, 0.2) is 59.1 Å². The summed E-state index contributed by atoms with van der Waals surface area (Å²) in [7, 11) is 1.62. The molecule has 2 saturated heterocycles. The minimum atomic E-state index is -0.198. The van der Waals surface area contributed by atoms with Gasteiger partial charge in [-0.3, -0.25) is 9.59 Å². The Bertz CT molecular complexity index is 1140. The first-order chi connectivity index (χ1) is 16.6. The van der Waals surface area contributed by atoms with Crippen molar-refractivity contribution in [1.29, 1.82) is 0 Å². The van der Waals surface area contributed by atoms with E-state index in [9.17, 15) is 9.59 Å². The van der Waals surface area contributed by atoms with Crippen molar-refractivity contribution in [3.05, 3.63) is 66.1 Å². The SMILES string of the molecule is COc1ccc(-c2noc([C@@H]3CCCN3C(=O)C3CCN(C(=O)c4ccccc4)CC3)n2)cc1. The summed E-state index contributed by atoms with van der Waals surface area (Å²) in [6, 6.07) is 16.6. The molecule has 2 aromatic carbocycles. The zero-order valence-electron chi connectivity index (χ0n) is 19.2. The van der Waals surface area contributed by atoms with Crippen LogP contribution in [0.1, 0.15) is 48.0 Å². The van der Waals surface area contributed by atoms with Gasteiger partial charge in [0.05, 0.1) is 7.11 Å². The van der Waals surface area contributed by atoms with Crippen molar-refractivity contribution in [1.82, 2.24) is 19.9 Å². The maximum absolute atomic E-state index is 13.4. The molecule has 0 saturated carbocycles. The van der Waals surface area contributed by atoms with Gasteiger partial charge in [-0.1, -0.05) is 23.4 Å². The number of aromatic nitrogens is 2. The Morgan fingerprint density at radius 3 is 2.41 bits per heavy atom. The highest BCUT2D eigenvalue weighted by Crippen LogP contribution is 2.35. The highest BCUT2D eigenvalue weighted by Gasteiger charge is 2.38. The van der Waals surface area contributed by atoms with Crippen LogP contribution in [0.3, 0.4) is 0 Å². The zero-order chi connectivity index (χ0) is 23.5.